The Morgan fingerprint density at radius 3 is 2.27 bits per heavy atom. The summed E-state index contributed by atoms with van der Waals surface area (Å²) in [5.74, 6) is 0.0178. The van der Waals surface area contributed by atoms with Gasteiger partial charge in [-0.05, 0) is 5.92 Å². The van der Waals surface area contributed by atoms with E-state index in [-0.39, 0.29) is 12.5 Å². The molecular formula is C5H14N2O3S. The van der Waals surface area contributed by atoms with Crippen LogP contribution in [-0.4, -0.2) is 26.2 Å². The third-order valence-corrected chi connectivity index (χ3v) is 1.83. The molecule has 0 rings (SSSR count). The van der Waals surface area contributed by atoms with Gasteiger partial charge in [0.2, 0.25) is 0 Å². The van der Waals surface area contributed by atoms with Crippen molar-refractivity contribution in [1.82, 2.24) is 4.72 Å². The SMILES string of the molecule is CC(C)C(O)CNS(N)(=O)=O. The van der Waals surface area contributed by atoms with Gasteiger partial charge in [-0.3, -0.25) is 0 Å². The Balaban J connectivity index is 3.72. The highest BCUT2D eigenvalue weighted by atomic mass is 32.2. The van der Waals surface area contributed by atoms with Crippen LogP contribution in [0.25, 0.3) is 0 Å². The molecule has 0 aliphatic carbocycles. The Kier molecular flexibility index (Phi) is 3.95. The average Bonchev–Trinajstić information content (AvgIpc) is 1.80. The van der Waals surface area contributed by atoms with Crippen LogP contribution in [0.4, 0.5) is 0 Å². The minimum Gasteiger partial charge on any atom is -0.391 e. The van der Waals surface area contributed by atoms with Gasteiger partial charge in [-0.1, -0.05) is 13.8 Å². The number of nitrogens with two attached hydrogens (primary N) is 1. The molecule has 0 radical (unpaired) electrons. The molecule has 0 aliphatic rings. The smallest absolute Gasteiger partial charge is 0.274 e. The highest BCUT2D eigenvalue weighted by Gasteiger charge is 2.11. The van der Waals surface area contributed by atoms with Crippen LogP contribution in [0.2, 0.25) is 0 Å². The fourth-order valence-corrected chi connectivity index (χ4v) is 0.840. The Morgan fingerprint density at radius 2 is 2.00 bits per heavy atom. The second-order valence-corrected chi connectivity index (χ2v) is 4.08. The van der Waals surface area contributed by atoms with Crippen molar-refractivity contribution in [1.29, 1.82) is 0 Å². The van der Waals surface area contributed by atoms with Crippen LogP contribution in [-0.2, 0) is 10.2 Å². The van der Waals surface area contributed by atoms with E-state index in [1.165, 1.54) is 0 Å². The quantitative estimate of drug-likeness (QED) is 0.509. The first kappa shape index (κ1) is 10.8. The van der Waals surface area contributed by atoms with Gasteiger partial charge in [-0.2, -0.15) is 13.1 Å². The summed E-state index contributed by atoms with van der Waals surface area (Å²) in [6, 6.07) is 0. The lowest BCUT2D eigenvalue weighted by Gasteiger charge is -2.13. The van der Waals surface area contributed by atoms with Gasteiger partial charge < -0.3 is 5.11 Å². The molecule has 0 saturated heterocycles. The van der Waals surface area contributed by atoms with E-state index in [1.54, 1.807) is 13.8 Å². The maximum atomic E-state index is 10.3. The molecule has 0 amide bonds. The predicted molar refractivity (Wildman–Crippen MR) is 42.0 cm³/mol. The van der Waals surface area contributed by atoms with Crippen LogP contribution in [0.5, 0.6) is 0 Å². The zero-order valence-corrected chi connectivity index (χ0v) is 7.43. The second kappa shape index (κ2) is 4.01. The van der Waals surface area contributed by atoms with E-state index in [0.717, 1.165) is 0 Å². The maximum Gasteiger partial charge on any atom is 0.274 e. The summed E-state index contributed by atoms with van der Waals surface area (Å²) in [4.78, 5) is 0. The molecule has 6 heteroatoms. The third kappa shape index (κ3) is 6.24. The van der Waals surface area contributed by atoms with Gasteiger partial charge in [0.05, 0.1) is 6.10 Å². The fraction of sp³-hybridized carbons (Fsp3) is 1.00. The first-order chi connectivity index (χ1) is 4.83. The lowest BCUT2D eigenvalue weighted by atomic mass is 10.1. The van der Waals surface area contributed by atoms with Crippen molar-refractivity contribution < 1.29 is 13.5 Å². The molecule has 0 aliphatic heterocycles. The van der Waals surface area contributed by atoms with E-state index in [9.17, 15) is 8.42 Å². The maximum absolute atomic E-state index is 10.3. The Hall–Kier alpha value is -0.170. The largest absolute Gasteiger partial charge is 0.391 e. The van der Waals surface area contributed by atoms with Crippen molar-refractivity contribution in [2.24, 2.45) is 11.1 Å². The molecule has 0 aromatic heterocycles. The van der Waals surface area contributed by atoms with E-state index in [4.69, 9.17) is 5.11 Å². The van der Waals surface area contributed by atoms with Gasteiger partial charge in [-0.15, -0.1) is 0 Å². The van der Waals surface area contributed by atoms with Crippen LogP contribution in [0.3, 0.4) is 0 Å². The number of aliphatic hydroxyl groups is 1. The van der Waals surface area contributed by atoms with Gasteiger partial charge in [-0.25, -0.2) is 5.14 Å². The van der Waals surface area contributed by atoms with Crippen LogP contribution in [0.15, 0.2) is 0 Å². The van der Waals surface area contributed by atoms with Crippen molar-refractivity contribution in [2.45, 2.75) is 20.0 Å². The molecule has 0 saturated carbocycles. The van der Waals surface area contributed by atoms with E-state index in [0.29, 0.717) is 0 Å². The summed E-state index contributed by atoms with van der Waals surface area (Å²) >= 11 is 0. The van der Waals surface area contributed by atoms with Crippen LogP contribution in [0.1, 0.15) is 13.8 Å². The predicted octanol–water partition coefficient (Wildman–Crippen LogP) is -1.20. The Labute approximate surface area is 66.8 Å². The van der Waals surface area contributed by atoms with Crippen molar-refractivity contribution in [2.75, 3.05) is 6.54 Å². The van der Waals surface area contributed by atoms with Crippen LogP contribution < -0.4 is 9.86 Å². The summed E-state index contributed by atoms with van der Waals surface area (Å²) in [5.41, 5.74) is 0. The molecule has 0 aromatic rings. The zero-order valence-electron chi connectivity index (χ0n) is 6.61. The van der Waals surface area contributed by atoms with Crippen molar-refractivity contribution >= 4 is 10.2 Å². The molecule has 4 N–H and O–H groups in total. The molecule has 1 atom stereocenters. The van der Waals surface area contributed by atoms with Crippen molar-refractivity contribution in [3.05, 3.63) is 0 Å². The van der Waals surface area contributed by atoms with Crippen LogP contribution in [0, 0.1) is 5.92 Å². The van der Waals surface area contributed by atoms with Gasteiger partial charge in [0.25, 0.3) is 10.2 Å². The fourth-order valence-electron chi connectivity index (χ4n) is 0.437. The topological polar surface area (TPSA) is 92.4 Å². The number of hydrogen-bond acceptors (Lipinski definition) is 3. The normalized spacial score (nSPS) is 15.4. The molecule has 1 unspecified atom stereocenters. The van der Waals surface area contributed by atoms with Crippen molar-refractivity contribution in [3.63, 3.8) is 0 Å². The summed E-state index contributed by atoms with van der Waals surface area (Å²) in [7, 11) is -3.66. The summed E-state index contributed by atoms with van der Waals surface area (Å²) in [5, 5.41) is 13.7. The van der Waals surface area contributed by atoms with Gasteiger partial charge in [0.15, 0.2) is 0 Å². The minimum atomic E-state index is -3.66. The highest BCUT2D eigenvalue weighted by Crippen LogP contribution is 1.98. The number of nitrogens with one attached hydrogen (secondary N) is 1. The molecular weight excluding hydrogens is 168 g/mol. The highest BCUT2D eigenvalue weighted by molar-refractivity contribution is 7.87. The molecule has 0 bridgehead atoms. The molecule has 68 valence electrons. The first-order valence-corrected chi connectivity index (χ1v) is 4.83. The van der Waals surface area contributed by atoms with Crippen LogP contribution >= 0.6 is 0 Å². The first-order valence-electron chi connectivity index (χ1n) is 3.28. The third-order valence-electron chi connectivity index (χ3n) is 1.26. The monoisotopic (exact) mass is 182 g/mol. The molecule has 0 spiro atoms. The summed E-state index contributed by atoms with van der Waals surface area (Å²) in [6.07, 6.45) is -0.687. The Morgan fingerprint density at radius 1 is 1.55 bits per heavy atom. The van der Waals surface area contributed by atoms with E-state index < -0.39 is 16.3 Å². The standard InChI is InChI=1S/C5H14N2O3S/c1-4(2)5(8)3-7-11(6,9)10/h4-5,7-8H,3H2,1-2H3,(H2,6,9,10). The van der Waals surface area contributed by atoms with Gasteiger partial charge >= 0.3 is 0 Å². The van der Waals surface area contributed by atoms with Gasteiger partial charge in [0.1, 0.15) is 0 Å². The van der Waals surface area contributed by atoms with Gasteiger partial charge in [0, 0.05) is 6.54 Å². The zero-order chi connectivity index (χ0) is 9.07. The Bertz CT molecular complexity index is 200. The van der Waals surface area contributed by atoms with Crippen molar-refractivity contribution in [3.8, 4) is 0 Å². The summed E-state index contributed by atoms with van der Waals surface area (Å²) in [6.45, 7) is 3.54. The minimum absolute atomic E-state index is 0.0178. The number of aliphatic hydroxyl groups excluding tert-OH is 1. The molecule has 0 heterocycles. The van der Waals surface area contributed by atoms with E-state index in [2.05, 4.69) is 5.14 Å². The summed E-state index contributed by atoms with van der Waals surface area (Å²) < 4.78 is 22.6. The van der Waals surface area contributed by atoms with E-state index >= 15 is 0 Å². The number of rotatable bonds is 4. The molecule has 5 nitrogen and oxygen atoms in total. The number of hydrogen-bond donors (Lipinski definition) is 3. The van der Waals surface area contributed by atoms with E-state index in [1.807, 2.05) is 4.72 Å². The average molecular weight is 182 g/mol. The second-order valence-electron chi connectivity index (χ2n) is 2.70. The lowest BCUT2D eigenvalue weighted by Crippen LogP contribution is -2.38. The molecule has 0 fully saturated rings. The lowest BCUT2D eigenvalue weighted by molar-refractivity contribution is 0.129. The molecule has 0 aromatic carbocycles. The molecule has 11 heavy (non-hydrogen) atoms.